The Labute approximate surface area is 105 Å². The standard InChI is InChI=1S/C13H17N3S/c1-16-13(14)8-10(15-16)12-7-9-5-3-2-4-6-11(9)17-12/h7-8H,2-6,14H2,1H3. The number of nitrogens with zero attached hydrogens (tertiary/aromatic N) is 2. The normalized spacial score (nSPS) is 15.6. The lowest BCUT2D eigenvalue weighted by Crippen LogP contribution is -1.96. The molecule has 2 aromatic rings. The third-order valence-corrected chi connectivity index (χ3v) is 4.67. The Bertz CT molecular complexity index is 496. The molecule has 0 amide bonds. The molecule has 1 aliphatic carbocycles. The second-order valence-electron chi connectivity index (χ2n) is 4.70. The van der Waals surface area contributed by atoms with Crippen molar-refractivity contribution < 1.29 is 0 Å². The van der Waals surface area contributed by atoms with Gasteiger partial charge in [0.25, 0.3) is 0 Å². The van der Waals surface area contributed by atoms with Gasteiger partial charge in [-0.05, 0) is 37.3 Å². The molecule has 3 nitrogen and oxygen atoms in total. The lowest BCUT2D eigenvalue weighted by Gasteiger charge is -1.92. The summed E-state index contributed by atoms with van der Waals surface area (Å²) in [5.41, 5.74) is 8.38. The summed E-state index contributed by atoms with van der Waals surface area (Å²) in [6.45, 7) is 0. The molecule has 0 saturated carbocycles. The summed E-state index contributed by atoms with van der Waals surface area (Å²) in [6.07, 6.45) is 6.49. The largest absolute Gasteiger partial charge is 0.384 e. The van der Waals surface area contributed by atoms with Crippen LogP contribution in [0.15, 0.2) is 12.1 Å². The van der Waals surface area contributed by atoms with Crippen molar-refractivity contribution in [3.05, 3.63) is 22.6 Å². The zero-order valence-corrected chi connectivity index (χ0v) is 10.9. The summed E-state index contributed by atoms with van der Waals surface area (Å²) in [5, 5.41) is 4.45. The monoisotopic (exact) mass is 247 g/mol. The van der Waals surface area contributed by atoms with Crippen LogP contribution in [-0.4, -0.2) is 9.78 Å². The average molecular weight is 247 g/mol. The quantitative estimate of drug-likeness (QED) is 0.787. The first kappa shape index (κ1) is 10.8. The Morgan fingerprint density at radius 2 is 2.06 bits per heavy atom. The Kier molecular flexibility index (Phi) is 2.67. The topological polar surface area (TPSA) is 43.8 Å². The van der Waals surface area contributed by atoms with E-state index in [4.69, 9.17) is 5.73 Å². The van der Waals surface area contributed by atoms with E-state index in [2.05, 4.69) is 11.2 Å². The fourth-order valence-electron chi connectivity index (χ4n) is 2.40. The molecule has 0 aromatic carbocycles. The van der Waals surface area contributed by atoms with Crippen molar-refractivity contribution in [3.8, 4) is 10.6 Å². The SMILES string of the molecule is Cn1nc(-c2cc3c(s2)CCCCC3)cc1N. The van der Waals surface area contributed by atoms with Gasteiger partial charge in [0.2, 0.25) is 0 Å². The number of aromatic nitrogens is 2. The summed E-state index contributed by atoms with van der Waals surface area (Å²) in [5.74, 6) is 0.726. The van der Waals surface area contributed by atoms with Gasteiger partial charge in [0, 0.05) is 18.0 Å². The first-order valence-electron chi connectivity index (χ1n) is 6.15. The van der Waals surface area contributed by atoms with E-state index >= 15 is 0 Å². The summed E-state index contributed by atoms with van der Waals surface area (Å²) in [4.78, 5) is 2.82. The zero-order chi connectivity index (χ0) is 11.8. The molecule has 0 fully saturated rings. The highest BCUT2D eigenvalue weighted by molar-refractivity contribution is 7.15. The van der Waals surface area contributed by atoms with E-state index in [-0.39, 0.29) is 0 Å². The molecular formula is C13H17N3S. The third-order valence-electron chi connectivity index (χ3n) is 3.42. The van der Waals surface area contributed by atoms with Crippen molar-refractivity contribution in [3.63, 3.8) is 0 Å². The summed E-state index contributed by atoms with van der Waals surface area (Å²) < 4.78 is 1.74. The predicted octanol–water partition coefficient (Wildman–Crippen LogP) is 3.00. The molecule has 4 heteroatoms. The number of anilines is 1. The van der Waals surface area contributed by atoms with E-state index in [0.29, 0.717) is 0 Å². The summed E-state index contributed by atoms with van der Waals surface area (Å²) in [7, 11) is 1.89. The van der Waals surface area contributed by atoms with Gasteiger partial charge in [0.1, 0.15) is 11.5 Å². The minimum absolute atomic E-state index is 0.726. The molecule has 3 rings (SSSR count). The Morgan fingerprint density at radius 3 is 2.82 bits per heavy atom. The van der Waals surface area contributed by atoms with Gasteiger partial charge >= 0.3 is 0 Å². The van der Waals surface area contributed by atoms with Gasteiger partial charge < -0.3 is 5.73 Å². The molecule has 0 bridgehead atoms. The van der Waals surface area contributed by atoms with Crippen LogP contribution in [0.1, 0.15) is 29.7 Å². The highest BCUT2D eigenvalue weighted by Crippen LogP contribution is 2.34. The number of nitrogen functional groups attached to an aromatic ring is 1. The molecule has 0 radical (unpaired) electrons. The van der Waals surface area contributed by atoms with Crippen LogP contribution in [0.2, 0.25) is 0 Å². The molecule has 90 valence electrons. The number of aryl methyl sites for hydroxylation is 3. The molecule has 0 atom stereocenters. The van der Waals surface area contributed by atoms with E-state index in [1.54, 1.807) is 9.56 Å². The molecular weight excluding hydrogens is 230 g/mol. The van der Waals surface area contributed by atoms with Gasteiger partial charge in [-0.1, -0.05) is 6.42 Å². The maximum Gasteiger partial charge on any atom is 0.121 e. The molecule has 0 aliphatic heterocycles. The summed E-state index contributed by atoms with van der Waals surface area (Å²) in [6, 6.07) is 4.28. The first-order chi connectivity index (χ1) is 8.24. The predicted molar refractivity (Wildman–Crippen MR) is 72.2 cm³/mol. The Hall–Kier alpha value is -1.29. The lowest BCUT2D eigenvalue weighted by molar-refractivity contribution is 0.712. The first-order valence-corrected chi connectivity index (χ1v) is 6.97. The number of fused-ring (bicyclic) bond motifs is 1. The number of nitrogens with two attached hydrogens (primary N) is 1. The van der Waals surface area contributed by atoms with Crippen molar-refractivity contribution in [2.24, 2.45) is 7.05 Å². The van der Waals surface area contributed by atoms with Gasteiger partial charge in [-0.25, -0.2) is 0 Å². The van der Waals surface area contributed by atoms with E-state index in [1.165, 1.54) is 42.5 Å². The van der Waals surface area contributed by atoms with E-state index in [1.807, 2.05) is 24.5 Å². The molecule has 0 unspecified atom stereocenters. The van der Waals surface area contributed by atoms with Gasteiger partial charge in [0.05, 0.1) is 4.88 Å². The maximum atomic E-state index is 5.83. The van der Waals surface area contributed by atoms with Crippen LogP contribution < -0.4 is 5.73 Å². The van der Waals surface area contributed by atoms with Crippen LogP contribution in [0.3, 0.4) is 0 Å². The van der Waals surface area contributed by atoms with Gasteiger partial charge in [-0.15, -0.1) is 11.3 Å². The van der Waals surface area contributed by atoms with Crippen LogP contribution in [0.25, 0.3) is 10.6 Å². The van der Waals surface area contributed by atoms with Crippen LogP contribution in [0.4, 0.5) is 5.82 Å². The van der Waals surface area contributed by atoms with Crippen molar-refractivity contribution in [1.29, 1.82) is 0 Å². The molecule has 0 saturated heterocycles. The summed E-state index contributed by atoms with van der Waals surface area (Å²) >= 11 is 1.89. The third kappa shape index (κ3) is 1.97. The van der Waals surface area contributed by atoms with Gasteiger partial charge in [-0.2, -0.15) is 5.10 Å². The smallest absolute Gasteiger partial charge is 0.121 e. The highest BCUT2D eigenvalue weighted by Gasteiger charge is 2.15. The van der Waals surface area contributed by atoms with E-state index in [9.17, 15) is 0 Å². The van der Waals surface area contributed by atoms with Crippen LogP contribution in [0.5, 0.6) is 0 Å². The highest BCUT2D eigenvalue weighted by atomic mass is 32.1. The molecule has 2 heterocycles. The number of rotatable bonds is 1. The minimum atomic E-state index is 0.726. The van der Waals surface area contributed by atoms with E-state index < -0.39 is 0 Å². The van der Waals surface area contributed by atoms with Crippen molar-refractivity contribution in [1.82, 2.24) is 9.78 Å². The molecule has 2 N–H and O–H groups in total. The second kappa shape index (κ2) is 4.18. The van der Waals surface area contributed by atoms with E-state index in [0.717, 1.165) is 11.5 Å². The van der Waals surface area contributed by atoms with Crippen molar-refractivity contribution in [2.45, 2.75) is 32.1 Å². The zero-order valence-electron chi connectivity index (χ0n) is 10.1. The van der Waals surface area contributed by atoms with Crippen LogP contribution in [0, 0.1) is 0 Å². The lowest BCUT2D eigenvalue weighted by atomic mass is 10.1. The maximum absolute atomic E-state index is 5.83. The molecule has 0 spiro atoms. The number of hydrogen-bond donors (Lipinski definition) is 1. The fraction of sp³-hybridized carbons (Fsp3) is 0.462. The number of thiophene rings is 1. The molecule has 2 aromatic heterocycles. The molecule has 17 heavy (non-hydrogen) atoms. The fourth-order valence-corrected chi connectivity index (χ4v) is 3.61. The molecule has 1 aliphatic rings. The second-order valence-corrected chi connectivity index (χ2v) is 5.83. The van der Waals surface area contributed by atoms with Crippen molar-refractivity contribution in [2.75, 3.05) is 5.73 Å². The van der Waals surface area contributed by atoms with Gasteiger partial charge in [0.15, 0.2) is 0 Å². The number of hydrogen-bond acceptors (Lipinski definition) is 3. The average Bonchev–Trinajstić information content (AvgIpc) is 2.78. The Morgan fingerprint density at radius 1 is 1.24 bits per heavy atom. The Balaban J connectivity index is 1.99. The van der Waals surface area contributed by atoms with Crippen LogP contribution in [-0.2, 0) is 19.9 Å². The van der Waals surface area contributed by atoms with Crippen molar-refractivity contribution >= 4 is 17.2 Å². The van der Waals surface area contributed by atoms with Crippen LogP contribution >= 0.6 is 11.3 Å². The minimum Gasteiger partial charge on any atom is -0.384 e. The van der Waals surface area contributed by atoms with Gasteiger partial charge in [-0.3, -0.25) is 4.68 Å².